The van der Waals surface area contributed by atoms with Crippen LogP contribution in [0.4, 0.5) is 5.69 Å². The van der Waals surface area contributed by atoms with Gasteiger partial charge in [0.15, 0.2) is 0 Å². The fraction of sp³-hybridized carbons (Fsp3) is 0.368. The molecule has 0 spiro atoms. The van der Waals surface area contributed by atoms with Crippen LogP contribution in [0.15, 0.2) is 42.5 Å². The van der Waals surface area contributed by atoms with Crippen molar-refractivity contribution in [2.75, 3.05) is 12.3 Å². The number of piperidine rings is 1. The molecule has 3 atom stereocenters. The van der Waals surface area contributed by atoms with E-state index in [1.165, 1.54) is 35.1 Å². The number of nitrogens with two attached hydrogens (primary N) is 1. The molecular weight excluding hydrogens is 256 g/mol. The summed E-state index contributed by atoms with van der Waals surface area (Å²) >= 11 is 0. The van der Waals surface area contributed by atoms with Crippen LogP contribution in [0.1, 0.15) is 47.1 Å². The van der Waals surface area contributed by atoms with E-state index < -0.39 is 0 Å². The number of anilines is 1. The molecule has 2 aliphatic rings. The summed E-state index contributed by atoms with van der Waals surface area (Å²) in [5, 5.41) is 3.73. The number of nitrogen functional groups attached to an aromatic ring is 1. The number of fused-ring (bicyclic) bond motifs is 3. The molecule has 2 nitrogen and oxygen atoms in total. The van der Waals surface area contributed by atoms with E-state index in [2.05, 4.69) is 54.7 Å². The summed E-state index contributed by atoms with van der Waals surface area (Å²) in [4.78, 5) is 0. The molecule has 1 heterocycles. The summed E-state index contributed by atoms with van der Waals surface area (Å²) in [5.74, 6) is 1.15. The summed E-state index contributed by atoms with van der Waals surface area (Å²) < 4.78 is 0. The van der Waals surface area contributed by atoms with E-state index in [1.807, 2.05) is 0 Å². The van der Waals surface area contributed by atoms with Gasteiger partial charge in [-0.15, -0.1) is 0 Å². The van der Waals surface area contributed by atoms with Gasteiger partial charge in [0.25, 0.3) is 0 Å². The second kappa shape index (κ2) is 4.88. The van der Waals surface area contributed by atoms with Gasteiger partial charge in [0, 0.05) is 17.6 Å². The zero-order chi connectivity index (χ0) is 14.4. The SMILES string of the molecule is Cc1ccc([C@H]2c3ccccc3[C@@H]3NCCC[C@H]23)cc1N. The van der Waals surface area contributed by atoms with E-state index in [1.54, 1.807) is 0 Å². The molecule has 1 fully saturated rings. The molecule has 1 saturated heterocycles. The minimum absolute atomic E-state index is 0.488. The smallest absolute Gasteiger partial charge is 0.0360 e. The van der Waals surface area contributed by atoms with Gasteiger partial charge in [0.2, 0.25) is 0 Å². The summed E-state index contributed by atoms with van der Waals surface area (Å²) in [6.07, 6.45) is 2.57. The Morgan fingerprint density at radius 3 is 2.71 bits per heavy atom. The topological polar surface area (TPSA) is 38.0 Å². The van der Waals surface area contributed by atoms with Crippen LogP contribution in [0.2, 0.25) is 0 Å². The predicted molar refractivity (Wildman–Crippen MR) is 87.3 cm³/mol. The molecule has 0 saturated carbocycles. The van der Waals surface area contributed by atoms with Crippen molar-refractivity contribution in [1.29, 1.82) is 0 Å². The number of nitrogens with one attached hydrogen (secondary N) is 1. The highest BCUT2D eigenvalue weighted by molar-refractivity contribution is 5.53. The maximum Gasteiger partial charge on any atom is 0.0360 e. The third kappa shape index (κ3) is 1.97. The Balaban J connectivity index is 1.84. The van der Waals surface area contributed by atoms with Gasteiger partial charge in [0.05, 0.1) is 0 Å². The lowest BCUT2D eigenvalue weighted by atomic mass is 9.80. The fourth-order valence-corrected chi connectivity index (χ4v) is 4.20. The molecule has 21 heavy (non-hydrogen) atoms. The quantitative estimate of drug-likeness (QED) is 0.779. The van der Waals surface area contributed by atoms with Crippen LogP contribution in [0, 0.1) is 12.8 Å². The number of benzene rings is 2. The van der Waals surface area contributed by atoms with Crippen molar-refractivity contribution in [3.8, 4) is 0 Å². The van der Waals surface area contributed by atoms with Gasteiger partial charge in [-0.3, -0.25) is 0 Å². The van der Waals surface area contributed by atoms with E-state index in [4.69, 9.17) is 5.73 Å². The van der Waals surface area contributed by atoms with Crippen molar-refractivity contribution in [3.63, 3.8) is 0 Å². The standard InChI is InChI=1S/C19H22N2/c1-12-8-9-13(11-17(12)20)18-14-5-2-3-6-15(14)19-16(18)7-4-10-21-19/h2-3,5-6,8-9,11,16,18-19,21H,4,7,10,20H2,1H3/t16-,18+,19+/m1/s1. The van der Waals surface area contributed by atoms with Crippen LogP contribution in [0.5, 0.6) is 0 Å². The average molecular weight is 278 g/mol. The van der Waals surface area contributed by atoms with Gasteiger partial charge >= 0.3 is 0 Å². The average Bonchev–Trinajstić information content (AvgIpc) is 2.85. The second-order valence-electron chi connectivity index (χ2n) is 6.46. The van der Waals surface area contributed by atoms with E-state index >= 15 is 0 Å². The van der Waals surface area contributed by atoms with Crippen molar-refractivity contribution in [3.05, 3.63) is 64.7 Å². The first-order valence-corrected chi connectivity index (χ1v) is 7.94. The Morgan fingerprint density at radius 2 is 1.90 bits per heavy atom. The maximum absolute atomic E-state index is 6.16. The molecule has 2 heteroatoms. The molecule has 3 N–H and O–H groups in total. The molecule has 0 amide bonds. The summed E-state index contributed by atoms with van der Waals surface area (Å²) in [5.41, 5.74) is 12.6. The lowest BCUT2D eigenvalue weighted by Gasteiger charge is -2.31. The molecule has 0 bridgehead atoms. The highest BCUT2D eigenvalue weighted by atomic mass is 14.9. The highest BCUT2D eigenvalue weighted by Crippen LogP contribution is 2.51. The maximum atomic E-state index is 6.16. The normalized spacial score (nSPS) is 27.2. The monoisotopic (exact) mass is 278 g/mol. The Bertz CT molecular complexity index is 677. The van der Waals surface area contributed by atoms with Gasteiger partial charge in [-0.25, -0.2) is 0 Å². The van der Waals surface area contributed by atoms with Crippen LogP contribution < -0.4 is 11.1 Å². The minimum Gasteiger partial charge on any atom is -0.399 e. The van der Waals surface area contributed by atoms with Gasteiger partial charge in [0.1, 0.15) is 0 Å². The van der Waals surface area contributed by atoms with Crippen molar-refractivity contribution in [2.45, 2.75) is 31.7 Å². The Morgan fingerprint density at radius 1 is 1.10 bits per heavy atom. The Kier molecular flexibility index (Phi) is 3.00. The minimum atomic E-state index is 0.488. The van der Waals surface area contributed by atoms with E-state index in [0.717, 1.165) is 12.2 Å². The van der Waals surface area contributed by atoms with E-state index in [9.17, 15) is 0 Å². The first kappa shape index (κ1) is 12.9. The lowest BCUT2D eigenvalue weighted by Crippen LogP contribution is -2.32. The molecular formula is C19H22N2. The second-order valence-corrected chi connectivity index (χ2v) is 6.46. The van der Waals surface area contributed by atoms with Gasteiger partial charge < -0.3 is 11.1 Å². The predicted octanol–water partition coefficient (Wildman–Crippen LogP) is 3.76. The fourth-order valence-electron chi connectivity index (χ4n) is 4.20. The van der Waals surface area contributed by atoms with Crippen LogP contribution in [0.25, 0.3) is 0 Å². The van der Waals surface area contributed by atoms with Gasteiger partial charge in [-0.05, 0) is 60.5 Å². The third-order valence-corrected chi connectivity index (χ3v) is 5.26. The largest absolute Gasteiger partial charge is 0.399 e. The molecule has 2 aromatic carbocycles. The van der Waals surface area contributed by atoms with E-state index in [-0.39, 0.29) is 0 Å². The van der Waals surface area contributed by atoms with Crippen molar-refractivity contribution < 1.29 is 0 Å². The van der Waals surface area contributed by atoms with Gasteiger partial charge in [-0.2, -0.15) is 0 Å². The third-order valence-electron chi connectivity index (χ3n) is 5.26. The molecule has 1 aliphatic carbocycles. The van der Waals surface area contributed by atoms with Crippen LogP contribution in [-0.2, 0) is 0 Å². The number of hydrogen-bond acceptors (Lipinski definition) is 2. The molecule has 108 valence electrons. The zero-order valence-electron chi connectivity index (χ0n) is 12.5. The number of aryl methyl sites for hydroxylation is 1. The first-order valence-electron chi connectivity index (χ1n) is 7.94. The van der Waals surface area contributed by atoms with Gasteiger partial charge in [-0.1, -0.05) is 36.4 Å². The summed E-state index contributed by atoms with van der Waals surface area (Å²) in [7, 11) is 0. The van der Waals surface area contributed by atoms with Crippen molar-refractivity contribution >= 4 is 5.69 Å². The molecule has 0 aromatic heterocycles. The molecule has 0 unspecified atom stereocenters. The molecule has 4 rings (SSSR count). The summed E-state index contributed by atoms with van der Waals surface area (Å²) in [6.45, 7) is 3.21. The molecule has 2 aromatic rings. The molecule has 1 aliphatic heterocycles. The van der Waals surface area contributed by atoms with Crippen LogP contribution in [-0.4, -0.2) is 6.54 Å². The first-order chi connectivity index (χ1) is 10.3. The van der Waals surface area contributed by atoms with Crippen molar-refractivity contribution in [2.24, 2.45) is 5.92 Å². The number of rotatable bonds is 1. The number of hydrogen-bond donors (Lipinski definition) is 2. The zero-order valence-corrected chi connectivity index (χ0v) is 12.5. The molecule has 0 radical (unpaired) electrons. The lowest BCUT2D eigenvalue weighted by molar-refractivity contribution is 0.287. The Labute approximate surface area is 126 Å². The van der Waals surface area contributed by atoms with Crippen LogP contribution >= 0.6 is 0 Å². The van der Waals surface area contributed by atoms with Crippen molar-refractivity contribution in [1.82, 2.24) is 5.32 Å². The summed E-state index contributed by atoms with van der Waals surface area (Å²) in [6, 6.07) is 16.1. The van der Waals surface area contributed by atoms with Crippen LogP contribution in [0.3, 0.4) is 0 Å². The highest BCUT2D eigenvalue weighted by Gasteiger charge is 2.42. The van der Waals surface area contributed by atoms with E-state index in [0.29, 0.717) is 17.9 Å². The Hall–Kier alpha value is -1.80.